The van der Waals surface area contributed by atoms with Gasteiger partial charge in [0.05, 0.1) is 15.6 Å². The average Bonchev–Trinajstić information content (AvgIpc) is 3.36. The summed E-state index contributed by atoms with van der Waals surface area (Å²) in [5.74, 6) is -0.700. The van der Waals surface area contributed by atoms with Crippen molar-refractivity contribution in [3.05, 3.63) is 39.8 Å². The molecule has 0 aliphatic carbocycles. The highest BCUT2D eigenvalue weighted by atomic mass is 35.5. The largest absolute Gasteiger partial charge is 0.349 e. The van der Waals surface area contributed by atoms with E-state index in [9.17, 15) is 9.59 Å². The standard InChI is InChI=1S/C15H15ClN6O3S/c1-8-10(16)11(20-22(8)2)13(23)17-5-6-18-14(24)15-19-12(21-25-15)9-4-3-7-26-9/h3-4,7H,5-6H2,1-2H3,(H,17,23)(H,18,24). The Kier molecular flexibility index (Phi) is 5.33. The van der Waals surface area contributed by atoms with Crippen LogP contribution < -0.4 is 10.6 Å². The van der Waals surface area contributed by atoms with Gasteiger partial charge < -0.3 is 15.2 Å². The second-order valence-corrected chi connectivity index (χ2v) is 6.61. The molecule has 2 N–H and O–H groups in total. The van der Waals surface area contributed by atoms with Gasteiger partial charge in [-0.15, -0.1) is 11.3 Å². The molecule has 0 bridgehead atoms. The van der Waals surface area contributed by atoms with Gasteiger partial charge in [0.25, 0.3) is 5.91 Å². The molecular formula is C15H15ClN6O3S. The Balaban J connectivity index is 1.48. The van der Waals surface area contributed by atoms with Crippen molar-refractivity contribution in [1.82, 2.24) is 30.6 Å². The Morgan fingerprint density at radius 2 is 2.04 bits per heavy atom. The Morgan fingerprint density at radius 1 is 1.31 bits per heavy atom. The Morgan fingerprint density at radius 3 is 2.65 bits per heavy atom. The number of aryl methyl sites for hydroxylation is 1. The van der Waals surface area contributed by atoms with E-state index < -0.39 is 11.8 Å². The number of nitrogens with one attached hydrogen (secondary N) is 2. The zero-order chi connectivity index (χ0) is 18.7. The van der Waals surface area contributed by atoms with Gasteiger partial charge in [-0.3, -0.25) is 14.3 Å². The quantitative estimate of drug-likeness (QED) is 0.614. The third-order valence-corrected chi connectivity index (χ3v) is 4.85. The first-order chi connectivity index (χ1) is 12.5. The van der Waals surface area contributed by atoms with Gasteiger partial charge in [0, 0.05) is 20.1 Å². The second-order valence-electron chi connectivity index (χ2n) is 5.28. The van der Waals surface area contributed by atoms with Gasteiger partial charge in [0.1, 0.15) is 0 Å². The first-order valence-corrected chi connectivity index (χ1v) is 8.86. The predicted octanol–water partition coefficient (Wildman–Crippen LogP) is 1.65. The van der Waals surface area contributed by atoms with Crippen LogP contribution in [0.5, 0.6) is 0 Å². The van der Waals surface area contributed by atoms with E-state index in [-0.39, 0.29) is 24.7 Å². The van der Waals surface area contributed by atoms with Crippen LogP contribution in [0.1, 0.15) is 26.9 Å². The monoisotopic (exact) mass is 394 g/mol. The van der Waals surface area contributed by atoms with Crippen molar-refractivity contribution in [2.24, 2.45) is 7.05 Å². The average molecular weight is 395 g/mol. The van der Waals surface area contributed by atoms with Crippen molar-refractivity contribution in [2.45, 2.75) is 6.92 Å². The van der Waals surface area contributed by atoms with Gasteiger partial charge in [-0.05, 0) is 18.4 Å². The number of halogens is 1. The van der Waals surface area contributed by atoms with Gasteiger partial charge in [-0.1, -0.05) is 22.8 Å². The number of rotatable bonds is 6. The molecule has 9 nitrogen and oxygen atoms in total. The van der Waals surface area contributed by atoms with E-state index in [1.165, 1.54) is 16.0 Å². The van der Waals surface area contributed by atoms with E-state index in [1.807, 2.05) is 17.5 Å². The zero-order valence-corrected chi connectivity index (χ0v) is 15.5. The van der Waals surface area contributed by atoms with Crippen LogP contribution in [0.3, 0.4) is 0 Å². The number of aromatic nitrogens is 4. The molecule has 3 heterocycles. The fourth-order valence-electron chi connectivity index (χ4n) is 2.06. The van der Waals surface area contributed by atoms with Gasteiger partial charge in [-0.2, -0.15) is 10.1 Å². The van der Waals surface area contributed by atoms with Gasteiger partial charge >= 0.3 is 11.8 Å². The molecule has 0 fully saturated rings. The normalized spacial score (nSPS) is 10.7. The third kappa shape index (κ3) is 3.75. The molecule has 11 heteroatoms. The highest BCUT2D eigenvalue weighted by Crippen LogP contribution is 2.21. The molecule has 3 aromatic rings. The number of nitrogens with zero attached hydrogens (tertiary/aromatic N) is 4. The lowest BCUT2D eigenvalue weighted by atomic mass is 10.3. The molecule has 0 atom stereocenters. The summed E-state index contributed by atoms with van der Waals surface area (Å²) in [6.07, 6.45) is 0. The van der Waals surface area contributed by atoms with E-state index in [0.717, 1.165) is 4.88 Å². The second kappa shape index (κ2) is 7.67. The van der Waals surface area contributed by atoms with Crippen LogP contribution >= 0.6 is 22.9 Å². The van der Waals surface area contributed by atoms with E-state index in [0.29, 0.717) is 16.5 Å². The highest BCUT2D eigenvalue weighted by Gasteiger charge is 2.19. The Bertz CT molecular complexity index is 933. The maximum Gasteiger partial charge on any atom is 0.316 e. The minimum absolute atomic E-state index is 0.136. The highest BCUT2D eigenvalue weighted by molar-refractivity contribution is 7.13. The number of hydrogen-bond acceptors (Lipinski definition) is 7. The summed E-state index contributed by atoms with van der Waals surface area (Å²) in [7, 11) is 1.70. The summed E-state index contributed by atoms with van der Waals surface area (Å²) in [5, 5.41) is 15.2. The van der Waals surface area contributed by atoms with Gasteiger partial charge in [0.15, 0.2) is 5.69 Å². The van der Waals surface area contributed by atoms with Crippen molar-refractivity contribution >= 4 is 34.8 Å². The van der Waals surface area contributed by atoms with Crippen molar-refractivity contribution in [1.29, 1.82) is 0 Å². The van der Waals surface area contributed by atoms with E-state index in [2.05, 4.69) is 25.9 Å². The molecule has 0 radical (unpaired) electrons. The molecular weight excluding hydrogens is 380 g/mol. The molecule has 0 saturated heterocycles. The number of carbonyl (C=O) groups is 2. The topological polar surface area (TPSA) is 115 Å². The minimum atomic E-state index is -0.513. The van der Waals surface area contributed by atoms with Crippen LogP contribution in [0.15, 0.2) is 22.0 Å². The maximum absolute atomic E-state index is 12.1. The summed E-state index contributed by atoms with van der Waals surface area (Å²) < 4.78 is 6.47. The van der Waals surface area contributed by atoms with Crippen LogP contribution in [0.2, 0.25) is 5.02 Å². The number of hydrogen-bond donors (Lipinski definition) is 2. The molecule has 26 heavy (non-hydrogen) atoms. The zero-order valence-electron chi connectivity index (χ0n) is 13.9. The molecule has 136 valence electrons. The number of carbonyl (C=O) groups excluding carboxylic acids is 2. The summed E-state index contributed by atoms with van der Waals surface area (Å²) in [6, 6.07) is 3.69. The molecule has 0 unspecified atom stereocenters. The van der Waals surface area contributed by atoms with Crippen molar-refractivity contribution in [3.8, 4) is 10.7 Å². The molecule has 0 aromatic carbocycles. The molecule has 0 spiro atoms. The van der Waals surface area contributed by atoms with Crippen LogP contribution in [0, 0.1) is 6.92 Å². The summed E-state index contributed by atoms with van der Waals surface area (Å²) in [4.78, 5) is 28.9. The predicted molar refractivity (Wildman–Crippen MR) is 95.2 cm³/mol. The lowest BCUT2D eigenvalue weighted by Crippen LogP contribution is -2.35. The Labute approximate surface area is 157 Å². The fraction of sp³-hybridized carbons (Fsp3) is 0.267. The van der Waals surface area contributed by atoms with E-state index >= 15 is 0 Å². The van der Waals surface area contributed by atoms with Crippen molar-refractivity contribution in [2.75, 3.05) is 13.1 Å². The SMILES string of the molecule is Cc1c(Cl)c(C(=O)NCCNC(=O)c2nc(-c3cccs3)no2)nn1C. The smallest absolute Gasteiger partial charge is 0.316 e. The van der Waals surface area contributed by atoms with Crippen LogP contribution in [0.25, 0.3) is 10.7 Å². The van der Waals surface area contributed by atoms with Crippen LogP contribution in [-0.2, 0) is 7.05 Å². The minimum Gasteiger partial charge on any atom is -0.349 e. The molecule has 3 aromatic heterocycles. The van der Waals surface area contributed by atoms with Crippen molar-refractivity contribution < 1.29 is 14.1 Å². The summed E-state index contributed by atoms with van der Waals surface area (Å²) in [6.45, 7) is 2.15. The summed E-state index contributed by atoms with van der Waals surface area (Å²) >= 11 is 7.50. The molecule has 0 saturated carbocycles. The van der Waals surface area contributed by atoms with E-state index in [4.69, 9.17) is 16.1 Å². The Hall–Kier alpha value is -2.72. The lowest BCUT2D eigenvalue weighted by molar-refractivity contribution is 0.0897. The lowest BCUT2D eigenvalue weighted by Gasteiger charge is -2.04. The fourth-order valence-corrected chi connectivity index (χ4v) is 2.96. The van der Waals surface area contributed by atoms with Gasteiger partial charge in [-0.25, -0.2) is 0 Å². The number of thiophene rings is 1. The van der Waals surface area contributed by atoms with Crippen LogP contribution in [-0.4, -0.2) is 44.8 Å². The molecule has 0 aliphatic heterocycles. The molecule has 0 aliphatic rings. The molecule has 2 amide bonds. The van der Waals surface area contributed by atoms with Crippen molar-refractivity contribution in [3.63, 3.8) is 0 Å². The third-order valence-electron chi connectivity index (χ3n) is 3.53. The van der Waals surface area contributed by atoms with Gasteiger partial charge in [0.2, 0.25) is 5.82 Å². The van der Waals surface area contributed by atoms with E-state index in [1.54, 1.807) is 14.0 Å². The maximum atomic E-state index is 12.1. The first-order valence-electron chi connectivity index (χ1n) is 7.60. The van der Waals surface area contributed by atoms with Crippen LogP contribution in [0.4, 0.5) is 0 Å². The number of amides is 2. The first kappa shape index (κ1) is 18.1. The molecule has 3 rings (SSSR count). The summed E-state index contributed by atoms with van der Waals surface area (Å²) in [5.41, 5.74) is 0.846.